The first-order valence-corrected chi connectivity index (χ1v) is 10.3. The molecule has 1 fully saturated rings. The summed E-state index contributed by atoms with van der Waals surface area (Å²) in [4.78, 5) is 11.0. The number of nitrogens with one attached hydrogen (secondary N) is 1. The van der Waals surface area contributed by atoms with Crippen molar-refractivity contribution in [3.8, 4) is 0 Å². The molecule has 3 N–H and O–H groups in total. The minimum Gasteiger partial charge on any atom is -0.449 e. The summed E-state index contributed by atoms with van der Waals surface area (Å²) in [7, 11) is -3.56. The molecular weight excluding hydrogens is 352 g/mol. The number of rotatable bonds is 6. The van der Waals surface area contributed by atoms with Crippen molar-refractivity contribution in [1.82, 2.24) is 4.72 Å². The molecule has 26 heavy (non-hydrogen) atoms. The van der Waals surface area contributed by atoms with Gasteiger partial charge in [-0.2, -0.15) is 0 Å². The van der Waals surface area contributed by atoms with E-state index in [-0.39, 0.29) is 0 Å². The summed E-state index contributed by atoms with van der Waals surface area (Å²) in [6, 6.07) is 12.8. The summed E-state index contributed by atoms with van der Waals surface area (Å²) < 4.78 is 33.1. The molecule has 0 radical (unpaired) electrons. The quantitative estimate of drug-likeness (QED) is 0.809. The van der Waals surface area contributed by atoms with Gasteiger partial charge in [-0.15, -0.1) is 0 Å². The van der Waals surface area contributed by atoms with Gasteiger partial charge in [-0.05, 0) is 49.0 Å². The van der Waals surface area contributed by atoms with Gasteiger partial charge >= 0.3 is 6.09 Å². The van der Waals surface area contributed by atoms with Gasteiger partial charge in [-0.25, -0.2) is 17.9 Å². The fourth-order valence-electron chi connectivity index (χ4n) is 3.54. The van der Waals surface area contributed by atoms with E-state index in [1.165, 1.54) is 0 Å². The van der Waals surface area contributed by atoms with Crippen LogP contribution in [0.25, 0.3) is 10.8 Å². The molecule has 0 aromatic heterocycles. The zero-order chi connectivity index (χ0) is 18.6. The molecule has 0 atom stereocenters. The van der Waals surface area contributed by atoms with Crippen LogP contribution in [0.15, 0.2) is 47.4 Å². The van der Waals surface area contributed by atoms with Crippen LogP contribution in [0.4, 0.5) is 4.79 Å². The van der Waals surface area contributed by atoms with Crippen LogP contribution in [0, 0.1) is 11.8 Å². The number of nitrogens with two attached hydrogens (primary N) is 1. The van der Waals surface area contributed by atoms with Crippen LogP contribution in [0.5, 0.6) is 0 Å². The average Bonchev–Trinajstić information content (AvgIpc) is 2.65. The Balaban J connectivity index is 1.58. The predicted molar refractivity (Wildman–Crippen MR) is 100 cm³/mol. The van der Waals surface area contributed by atoms with Gasteiger partial charge in [-0.3, -0.25) is 0 Å². The molecular formula is C19H24N2O4S. The van der Waals surface area contributed by atoms with Gasteiger partial charge in [0, 0.05) is 11.9 Å². The first kappa shape index (κ1) is 18.7. The number of carbonyl (C=O) groups excluding carboxylic acids is 1. The third-order valence-corrected chi connectivity index (χ3v) is 6.51. The third-order valence-electron chi connectivity index (χ3n) is 5.03. The Morgan fingerprint density at radius 3 is 2.42 bits per heavy atom. The second kappa shape index (κ2) is 8.05. The number of primary amides is 1. The van der Waals surface area contributed by atoms with E-state index in [0.29, 0.717) is 29.9 Å². The summed E-state index contributed by atoms with van der Waals surface area (Å²) >= 11 is 0. The van der Waals surface area contributed by atoms with E-state index in [0.717, 1.165) is 36.5 Å². The van der Waals surface area contributed by atoms with Crippen LogP contribution in [0.2, 0.25) is 0 Å². The van der Waals surface area contributed by atoms with E-state index in [1.54, 1.807) is 12.1 Å². The van der Waals surface area contributed by atoms with Gasteiger partial charge in [0.2, 0.25) is 10.0 Å². The number of carbonyl (C=O) groups is 1. The van der Waals surface area contributed by atoms with Gasteiger partial charge in [0.15, 0.2) is 0 Å². The zero-order valence-corrected chi connectivity index (χ0v) is 15.4. The molecule has 0 bridgehead atoms. The average molecular weight is 376 g/mol. The molecule has 2 aromatic rings. The largest absolute Gasteiger partial charge is 0.449 e. The van der Waals surface area contributed by atoms with Crippen LogP contribution in [-0.2, 0) is 14.8 Å². The summed E-state index contributed by atoms with van der Waals surface area (Å²) in [5.74, 6) is 0.609. The number of hydrogen-bond acceptors (Lipinski definition) is 4. The molecule has 2 aromatic carbocycles. The van der Waals surface area contributed by atoms with Gasteiger partial charge in [-0.1, -0.05) is 36.4 Å². The van der Waals surface area contributed by atoms with Gasteiger partial charge in [0.05, 0.1) is 11.5 Å². The minimum atomic E-state index is -3.56. The molecule has 3 rings (SSSR count). The maximum atomic E-state index is 12.7. The Morgan fingerprint density at radius 1 is 1.04 bits per heavy atom. The highest BCUT2D eigenvalue weighted by Crippen LogP contribution is 2.29. The number of hydrogen-bond donors (Lipinski definition) is 2. The minimum absolute atomic E-state index is 0.296. The SMILES string of the molecule is NC(=O)OCC1CCC(CNS(=O)(=O)c2cccc3ccccc23)CC1. The molecule has 0 aliphatic heterocycles. The Labute approximate surface area is 153 Å². The van der Waals surface area contributed by atoms with Crippen LogP contribution in [0.1, 0.15) is 25.7 Å². The lowest BCUT2D eigenvalue weighted by atomic mass is 9.82. The standard InChI is InChI=1S/C19H24N2O4S/c20-19(22)25-13-15-10-8-14(9-11-15)12-21-26(23,24)18-7-3-5-16-4-1-2-6-17(16)18/h1-7,14-15,21H,8-13H2,(H2,20,22). The highest BCUT2D eigenvalue weighted by molar-refractivity contribution is 7.89. The van der Waals surface area contributed by atoms with Crippen molar-refractivity contribution >= 4 is 26.9 Å². The lowest BCUT2D eigenvalue weighted by molar-refractivity contribution is 0.117. The van der Waals surface area contributed by atoms with Gasteiger partial charge < -0.3 is 10.5 Å². The fourth-order valence-corrected chi connectivity index (χ4v) is 4.88. The first-order chi connectivity index (χ1) is 12.5. The van der Waals surface area contributed by atoms with Crippen molar-refractivity contribution in [2.24, 2.45) is 17.6 Å². The predicted octanol–water partition coefficient (Wildman–Crippen LogP) is 3.02. The highest BCUT2D eigenvalue weighted by atomic mass is 32.2. The lowest BCUT2D eigenvalue weighted by Crippen LogP contribution is -2.32. The highest BCUT2D eigenvalue weighted by Gasteiger charge is 2.24. The molecule has 6 nitrogen and oxygen atoms in total. The first-order valence-electron chi connectivity index (χ1n) is 8.85. The van der Waals surface area contributed by atoms with Crippen LogP contribution in [0.3, 0.4) is 0 Å². The molecule has 1 aliphatic rings. The Kier molecular flexibility index (Phi) is 5.78. The van der Waals surface area contributed by atoms with Crippen LogP contribution in [-0.4, -0.2) is 27.7 Å². The summed E-state index contributed by atoms with van der Waals surface area (Å²) in [5, 5.41) is 1.64. The molecule has 0 unspecified atom stereocenters. The monoisotopic (exact) mass is 376 g/mol. The normalized spacial score (nSPS) is 20.8. The van der Waals surface area contributed by atoms with Gasteiger partial charge in [0.25, 0.3) is 0 Å². The van der Waals surface area contributed by atoms with Crippen molar-refractivity contribution < 1.29 is 17.9 Å². The maximum absolute atomic E-state index is 12.7. The van der Waals surface area contributed by atoms with E-state index in [2.05, 4.69) is 4.72 Å². The summed E-state index contributed by atoms with van der Waals surface area (Å²) in [6.07, 6.45) is 2.90. The number of ether oxygens (including phenoxy) is 1. The molecule has 0 spiro atoms. The van der Waals surface area contributed by atoms with Crippen molar-refractivity contribution in [3.63, 3.8) is 0 Å². The van der Waals surface area contributed by atoms with Crippen molar-refractivity contribution in [2.75, 3.05) is 13.2 Å². The number of sulfonamides is 1. The second-order valence-corrected chi connectivity index (χ2v) is 8.58. The topological polar surface area (TPSA) is 98.5 Å². The van der Waals surface area contributed by atoms with Crippen molar-refractivity contribution in [2.45, 2.75) is 30.6 Å². The van der Waals surface area contributed by atoms with Crippen molar-refractivity contribution in [1.29, 1.82) is 0 Å². The van der Waals surface area contributed by atoms with Gasteiger partial charge in [0.1, 0.15) is 0 Å². The van der Waals surface area contributed by atoms with Crippen molar-refractivity contribution in [3.05, 3.63) is 42.5 Å². The Bertz CT molecular complexity index is 869. The summed E-state index contributed by atoms with van der Waals surface area (Å²) in [6.45, 7) is 0.777. The van der Waals surface area contributed by atoms with Crippen LogP contribution < -0.4 is 10.5 Å². The van der Waals surface area contributed by atoms with E-state index < -0.39 is 16.1 Å². The molecule has 0 saturated heterocycles. The number of benzene rings is 2. The molecule has 1 saturated carbocycles. The van der Waals surface area contributed by atoms with Crippen LogP contribution >= 0.6 is 0 Å². The molecule has 7 heteroatoms. The van der Waals surface area contributed by atoms with E-state index >= 15 is 0 Å². The number of amides is 1. The molecule has 140 valence electrons. The summed E-state index contributed by atoms with van der Waals surface area (Å²) in [5.41, 5.74) is 4.99. The smallest absolute Gasteiger partial charge is 0.404 e. The van der Waals surface area contributed by atoms with E-state index in [1.807, 2.05) is 30.3 Å². The zero-order valence-electron chi connectivity index (χ0n) is 14.6. The Morgan fingerprint density at radius 2 is 1.69 bits per heavy atom. The van der Waals surface area contributed by atoms with E-state index in [4.69, 9.17) is 10.5 Å². The lowest BCUT2D eigenvalue weighted by Gasteiger charge is -2.28. The molecule has 1 amide bonds. The number of fused-ring (bicyclic) bond motifs is 1. The maximum Gasteiger partial charge on any atom is 0.404 e. The second-order valence-electron chi connectivity index (χ2n) is 6.85. The molecule has 1 aliphatic carbocycles. The fraction of sp³-hybridized carbons (Fsp3) is 0.421. The van der Waals surface area contributed by atoms with E-state index in [9.17, 15) is 13.2 Å². The third kappa shape index (κ3) is 4.53. The Hall–Kier alpha value is -2.12. The molecule has 0 heterocycles.